The van der Waals surface area contributed by atoms with E-state index in [1.165, 1.54) is 6.33 Å². The summed E-state index contributed by atoms with van der Waals surface area (Å²) in [6, 6.07) is 0.0191. The van der Waals surface area contributed by atoms with E-state index in [0.29, 0.717) is 42.3 Å². The van der Waals surface area contributed by atoms with Crippen LogP contribution in [0.1, 0.15) is 46.4 Å². The van der Waals surface area contributed by atoms with E-state index in [0.717, 1.165) is 11.4 Å². The summed E-state index contributed by atoms with van der Waals surface area (Å²) in [4.78, 5) is 33.9. The molecule has 0 spiro atoms. The molecule has 1 aliphatic rings. The monoisotopic (exact) mass is 425 g/mol. The molecule has 0 radical (unpaired) electrons. The number of fused-ring (bicyclic) bond motifs is 1. The molecular formula is C21H27N7O3. The van der Waals surface area contributed by atoms with Gasteiger partial charge in [-0.3, -0.25) is 0 Å². The topological polar surface area (TPSA) is 117 Å². The standard InChI is InChI=1S/C21H27N7O3/c1-6-28-17(13-9-22-12(2)23-10-13)27-16-18(28)24-11-25-19(16)30-15-7-14(8-15)26-20(29)31-21(3,4)5/h9-11,14-15H,6-8H2,1-5H3,(H,26,29)/t14-,15-. The van der Waals surface area contributed by atoms with Gasteiger partial charge in [0, 0.05) is 37.8 Å². The van der Waals surface area contributed by atoms with Crippen LogP contribution in [0.3, 0.4) is 0 Å². The lowest BCUT2D eigenvalue weighted by Crippen LogP contribution is -2.50. The molecule has 1 N–H and O–H groups in total. The Morgan fingerprint density at radius 3 is 2.55 bits per heavy atom. The molecule has 10 heteroatoms. The van der Waals surface area contributed by atoms with E-state index in [1.54, 1.807) is 12.4 Å². The lowest BCUT2D eigenvalue weighted by atomic mass is 9.89. The van der Waals surface area contributed by atoms with Crippen LogP contribution in [0.15, 0.2) is 18.7 Å². The smallest absolute Gasteiger partial charge is 0.407 e. The zero-order chi connectivity index (χ0) is 22.2. The number of nitrogens with zero attached hydrogens (tertiary/aromatic N) is 6. The SMILES string of the molecule is CCn1c(-c2cnc(C)nc2)nc2c(O[C@H]3C[C@H](NC(=O)OC(C)(C)C)C3)ncnc21. The van der Waals surface area contributed by atoms with Gasteiger partial charge >= 0.3 is 6.09 Å². The molecule has 31 heavy (non-hydrogen) atoms. The van der Waals surface area contributed by atoms with Crippen LogP contribution in [0, 0.1) is 6.92 Å². The largest absolute Gasteiger partial charge is 0.473 e. The summed E-state index contributed by atoms with van der Waals surface area (Å²) < 4.78 is 13.4. The molecule has 10 nitrogen and oxygen atoms in total. The van der Waals surface area contributed by atoms with Gasteiger partial charge in [-0.25, -0.2) is 24.7 Å². The molecule has 164 valence electrons. The van der Waals surface area contributed by atoms with Crippen LogP contribution in [0.2, 0.25) is 0 Å². The minimum absolute atomic E-state index is 0.0191. The fourth-order valence-electron chi connectivity index (χ4n) is 3.44. The molecule has 1 saturated carbocycles. The molecule has 0 aliphatic heterocycles. The number of carbonyl (C=O) groups excluding carboxylic acids is 1. The van der Waals surface area contributed by atoms with Crippen molar-refractivity contribution in [2.45, 2.75) is 71.8 Å². The van der Waals surface area contributed by atoms with Gasteiger partial charge in [0.15, 0.2) is 11.2 Å². The molecule has 3 aromatic heterocycles. The zero-order valence-corrected chi connectivity index (χ0v) is 18.4. The average Bonchev–Trinajstić information content (AvgIpc) is 3.05. The third kappa shape index (κ3) is 4.57. The molecule has 0 saturated heterocycles. The third-order valence-corrected chi connectivity index (χ3v) is 4.95. The van der Waals surface area contributed by atoms with Gasteiger partial charge in [0.25, 0.3) is 0 Å². The van der Waals surface area contributed by atoms with Crippen LogP contribution in [0.5, 0.6) is 5.88 Å². The van der Waals surface area contributed by atoms with Crippen LogP contribution in [0.4, 0.5) is 4.79 Å². The molecule has 0 unspecified atom stereocenters. The van der Waals surface area contributed by atoms with Gasteiger partial charge in [-0.05, 0) is 34.6 Å². The van der Waals surface area contributed by atoms with Crippen molar-refractivity contribution < 1.29 is 14.3 Å². The highest BCUT2D eigenvalue weighted by atomic mass is 16.6. The maximum Gasteiger partial charge on any atom is 0.407 e. The Kier molecular flexibility index (Phi) is 5.47. The first-order valence-corrected chi connectivity index (χ1v) is 10.4. The molecule has 0 bridgehead atoms. The summed E-state index contributed by atoms with van der Waals surface area (Å²) >= 11 is 0. The summed E-state index contributed by atoms with van der Waals surface area (Å²) in [5, 5.41) is 2.87. The second-order valence-electron chi connectivity index (χ2n) is 8.60. The number of aryl methyl sites for hydroxylation is 2. The molecule has 3 heterocycles. The number of nitrogens with one attached hydrogen (secondary N) is 1. The summed E-state index contributed by atoms with van der Waals surface area (Å²) in [6.07, 6.45) is 5.87. The lowest BCUT2D eigenvalue weighted by Gasteiger charge is -2.35. The van der Waals surface area contributed by atoms with Gasteiger partial charge in [-0.1, -0.05) is 0 Å². The number of ether oxygens (including phenoxy) is 2. The fourth-order valence-corrected chi connectivity index (χ4v) is 3.44. The molecule has 1 fully saturated rings. The molecule has 0 atom stereocenters. The molecule has 1 aliphatic carbocycles. The number of hydrogen-bond donors (Lipinski definition) is 1. The van der Waals surface area contributed by atoms with Crippen LogP contribution >= 0.6 is 0 Å². The Labute approximate surface area is 180 Å². The number of rotatable bonds is 5. The Balaban J connectivity index is 1.48. The minimum atomic E-state index is -0.519. The summed E-state index contributed by atoms with van der Waals surface area (Å²) in [6.45, 7) is 10.1. The van der Waals surface area contributed by atoms with Crippen LogP contribution in [-0.2, 0) is 11.3 Å². The first-order valence-electron chi connectivity index (χ1n) is 10.4. The molecule has 3 aromatic rings. The first kappa shape index (κ1) is 21.0. The van der Waals surface area contributed by atoms with Gasteiger partial charge in [0.05, 0.1) is 5.56 Å². The van der Waals surface area contributed by atoms with Crippen molar-refractivity contribution in [2.75, 3.05) is 0 Å². The maximum atomic E-state index is 11.9. The van der Waals surface area contributed by atoms with E-state index in [9.17, 15) is 4.79 Å². The van der Waals surface area contributed by atoms with Crippen LogP contribution in [0.25, 0.3) is 22.6 Å². The van der Waals surface area contributed by atoms with Crippen LogP contribution in [-0.4, -0.2) is 53.3 Å². The number of amides is 1. The van der Waals surface area contributed by atoms with E-state index < -0.39 is 11.7 Å². The van der Waals surface area contributed by atoms with Gasteiger partial charge in [0.1, 0.15) is 29.7 Å². The van der Waals surface area contributed by atoms with Crippen molar-refractivity contribution in [3.8, 4) is 17.3 Å². The highest BCUT2D eigenvalue weighted by Crippen LogP contribution is 2.31. The van der Waals surface area contributed by atoms with E-state index in [4.69, 9.17) is 14.5 Å². The fraction of sp³-hybridized carbons (Fsp3) is 0.524. The quantitative estimate of drug-likeness (QED) is 0.663. The van der Waals surface area contributed by atoms with Crippen LogP contribution < -0.4 is 10.1 Å². The second kappa shape index (κ2) is 8.09. The van der Waals surface area contributed by atoms with Gasteiger partial charge < -0.3 is 19.4 Å². The summed E-state index contributed by atoms with van der Waals surface area (Å²) in [5.41, 5.74) is 1.59. The zero-order valence-electron chi connectivity index (χ0n) is 18.4. The van der Waals surface area contributed by atoms with Crippen molar-refractivity contribution in [3.63, 3.8) is 0 Å². The van der Waals surface area contributed by atoms with Crippen molar-refractivity contribution in [1.29, 1.82) is 0 Å². The van der Waals surface area contributed by atoms with Crippen molar-refractivity contribution >= 4 is 17.3 Å². The number of aromatic nitrogens is 6. The van der Waals surface area contributed by atoms with Gasteiger partial charge in [-0.2, -0.15) is 4.98 Å². The Morgan fingerprint density at radius 2 is 1.90 bits per heavy atom. The molecular weight excluding hydrogens is 398 g/mol. The van der Waals surface area contributed by atoms with E-state index >= 15 is 0 Å². The minimum Gasteiger partial charge on any atom is -0.473 e. The number of alkyl carbamates (subject to hydrolysis) is 1. The lowest BCUT2D eigenvalue weighted by molar-refractivity contribution is 0.0357. The third-order valence-electron chi connectivity index (χ3n) is 4.95. The van der Waals surface area contributed by atoms with Crippen molar-refractivity contribution in [2.24, 2.45) is 0 Å². The predicted octanol–water partition coefficient (Wildman–Crippen LogP) is 3.05. The Hall–Kier alpha value is -3.30. The average molecular weight is 425 g/mol. The van der Waals surface area contributed by atoms with E-state index in [-0.39, 0.29) is 12.1 Å². The maximum absolute atomic E-state index is 11.9. The first-order chi connectivity index (χ1) is 14.7. The molecule has 0 aromatic carbocycles. The van der Waals surface area contributed by atoms with Crippen molar-refractivity contribution in [3.05, 3.63) is 24.5 Å². The number of carbonyl (C=O) groups is 1. The summed E-state index contributed by atoms with van der Waals surface area (Å²) in [7, 11) is 0. The van der Waals surface area contributed by atoms with E-state index in [1.807, 2.05) is 39.2 Å². The Morgan fingerprint density at radius 1 is 1.19 bits per heavy atom. The highest BCUT2D eigenvalue weighted by molar-refractivity contribution is 5.81. The molecule has 4 rings (SSSR count). The second-order valence-corrected chi connectivity index (χ2v) is 8.60. The normalized spacial score (nSPS) is 18.5. The predicted molar refractivity (Wildman–Crippen MR) is 114 cm³/mol. The Bertz CT molecular complexity index is 1080. The number of hydrogen-bond acceptors (Lipinski definition) is 8. The van der Waals surface area contributed by atoms with Crippen molar-refractivity contribution in [1.82, 2.24) is 34.8 Å². The number of imidazole rings is 1. The highest BCUT2D eigenvalue weighted by Gasteiger charge is 2.34. The van der Waals surface area contributed by atoms with Gasteiger partial charge in [0.2, 0.25) is 5.88 Å². The summed E-state index contributed by atoms with van der Waals surface area (Å²) in [5.74, 6) is 1.86. The molecule has 1 amide bonds. The van der Waals surface area contributed by atoms with E-state index in [2.05, 4.69) is 25.3 Å². The van der Waals surface area contributed by atoms with Gasteiger partial charge in [-0.15, -0.1) is 0 Å².